The number of ether oxygens (including phenoxy) is 1. The normalized spacial score (nSPS) is 10.6. The van der Waals surface area contributed by atoms with Gasteiger partial charge in [0, 0.05) is 13.6 Å². The molecule has 5 nitrogen and oxygen atoms in total. The smallest absolute Gasteiger partial charge is 0.221 e. The summed E-state index contributed by atoms with van der Waals surface area (Å²) in [6.45, 7) is 3.66. The van der Waals surface area contributed by atoms with Crippen LogP contribution in [0.4, 0.5) is 5.82 Å². The topological polar surface area (TPSA) is 50.3 Å². The van der Waals surface area contributed by atoms with Gasteiger partial charge in [-0.15, -0.1) is 0 Å². The van der Waals surface area contributed by atoms with Crippen LogP contribution in [0.25, 0.3) is 0 Å². The van der Waals surface area contributed by atoms with E-state index < -0.39 is 0 Å². The van der Waals surface area contributed by atoms with Gasteiger partial charge in [-0.2, -0.15) is 0 Å². The van der Waals surface area contributed by atoms with E-state index in [0.29, 0.717) is 12.5 Å². The number of nitrogens with one attached hydrogen (secondary N) is 1. The second-order valence-corrected chi connectivity index (χ2v) is 4.16. The molecular weight excluding hydrogens is 216 g/mol. The van der Waals surface area contributed by atoms with Gasteiger partial charge >= 0.3 is 0 Å². The minimum Gasteiger partial charge on any atom is -0.476 e. The van der Waals surface area contributed by atoms with Crippen LogP contribution in [0.3, 0.4) is 0 Å². The molecule has 0 aromatic carbocycles. The van der Waals surface area contributed by atoms with Gasteiger partial charge in [0.1, 0.15) is 18.8 Å². The van der Waals surface area contributed by atoms with Crippen LogP contribution in [0.5, 0.6) is 5.88 Å². The Labute approximate surface area is 103 Å². The lowest BCUT2D eigenvalue weighted by Crippen LogP contribution is -2.20. The first-order chi connectivity index (χ1) is 8.19. The lowest BCUT2D eigenvalue weighted by atomic mass is 10.2. The number of rotatable bonds is 7. The number of likely N-dealkylation sites (N-methyl/N-ethyl adjacent to an activating group) is 1. The largest absolute Gasteiger partial charge is 0.476 e. The number of nitrogens with zero attached hydrogens (tertiary/aromatic N) is 3. The van der Waals surface area contributed by atoms with Crippen molar-refractivity contribution in [1.29, 1.82) is 0 Å². The Balaban J connectivity index is 2.75. The Morgan fingerprint density at radius 1 is 1.35 bits per heavy atom. The monoisotopic (exact) mass is 238 g/mol. The van der Waals surface area contributed by atoms with Crippen molar-refractivity contribution in [3.63, 3.8) is 0 Å². The molecule has 1 heterocycles. The van der Waals surface area contributed by atoms with Crippen molar-refractivity contribution >= 4 is 5.82 Å². The van der Waals surface area contributed by atoms with Gasteiger partial charge in [-0.3, -0.25) is 0 Å². The predicted molar refractivity (Wildman–Crippen MR) is 69.6 cm³/mol. The van der Waals surface area contributed by atoms with Crippen LogP contribution >= 0.6 is 0 Å². The van der Waals surface area contributed by atoms with Gasteiger partial charge in [0.25, 0.3) is 0 Å². The van der Waals surface area contributed by atoms with Crippen molar-refractivity contribution in [3.8, 4) is 5.88 Å². The summed E-state index contributed by atoms with van der Waals surface area (Å²) in [5.74, 6) is 1.56. The zero-order chi connectivity index (χ0) is 12.7. The van der Waals surface area contributed by atoms with E-state index in [0.717, 1.165) is 30.8 Å². The highest BCUT2D eigenvalue weighted by molar-refractivity contribution is 5.48. The second-order valence-electron chi connectivity index (χ2n) is 4.16. The van der Waals surface area contributed by atoms with E-state index in [1.165, 1.54) is 6.33 Å². The van der Waals surface area contributed by atoms with E-state index in [9.17, 15) is 0 Å². The van der Waals surface area contributed by atoms with Crippen molar-refractivity contribution in [2.75, 3.05) is 39.6 Å². The summed E-state index contributed by atoms with van der Waals surface area (Å²) in [6, 6.07) is 0. The van der Waals surface area contributed by atoms with Crippen molar-refractivity contribution in [2.45, 2.75) is 19.8 Å². The molecule has 0 bridgehead atoms. The standard InChI is InChI=1S/C12H22N4O/c1-5-6-10-11(13-2)14-9-15-12(10)17-8-7-16(3)4/h9H,5-8H2,1-4H3,(H,13,14,15). The molecule has 96 valence electrons. The molecule has 0 unspecified atom stereocenters. The van der Waals surface area contributed by atoms with Gasteiger partial charge in [-0.25, -0.2) is 9.97 Å². The van der Waals surface area contributed by atoms with Crippen LogP contribution in [0.15, 0.2) is 6.33 Å². The van der Waals surface area contributed by atoms with Crippen LogP contribution in [-0.2, 0) is 6.42 Å². The minimum atomic E-state index is 0.643. The third-order valence-corrected chi connectivity index (χ3v) is 2.42. The Kier molecular flexibility index (Phi) is 5.69. The highest BCUT2D eigenvalue weighted by atomic mass is 16.5. The fraction of sp³-hybridized carbons (Fsp3) is 0.667. The molecule has 0 atom stereocenters. The van der Waals surface area contributed by atoms with Crippen molar-refractivity contribution in [2.24, 2.45) is 0 Å². The highest BCUT2D eigenvalue weighted by Gasteiger charge is 2.10. The Morgan fingerprint density at radius 3 is 2.71 bits per heavy atom. The molecule has 1 aromatic heterocycles. The summed E-state index contributed by atoms with van der Waals surface area (Å²) < 4.78 is 5.71. The molecule has 1 aromatic rings. The molecule has 0 aliphatic heterocycles. The molecule has 0 radical (unpaired) electrons. The van der Waals surface area contributed by atoms with Crippen molar-refractivity contribution in [1.82, 2.24) is 14.9 Å². The first-order valence-electron chi connectivity index (χ1n) is 5.98. The van der Waals surface area contributed by atoms with E-state index in [1.54, 1.807) is 0 Å². The summed E-state index contributed by atoms with van der Waals surface area (Å²) >= 11 is 0. The average molecular weight is 238 g/mol. The molecule has 5 heteroatoms. The summed E-state index contributed by atoms with van der Waals surface area (Å²) in [6.07, 6.45) is 3.51. The molecule has 0 aliphatic rings. The lowest BCUT2D eigenvalue weighted by molar-refractivity contribution is 0.251. The fourth-order valence-electron chi connectivity index (χ4n) is 1.54. The maximum absolute atomic E-state index is 5.71. The molecule has 1 rings (SSSR count). The molecule has 0 amide bonds. The average Bonchev–Trinajstić information content (AvgIpc) is 2.30. The summed E-state index contributed by atoms with van der Waals surface area (Å²) in [5, 5.41) is 3.08. The molecule has 17 heavy (non-hydrogen) atoms. The van der Waals surface area contributed by atoms with Crippen molar-refractivity contribution < 1.29 is 4.74 Å². The maximum atomic E-state index is 5.71. The van der Waals surface area contributed by atoms with Crippen LogP contribution < -0.4 is 10.1 Å². The minimum absolute atomic E-state index is 0.643. The number of hydrogen-bond donors (Lipinski definition) is 1. The van der Waals surface area contributed by atoms with E-state index in [4.69, 9.17) is 4.74 Å². The van der Waals surface area contributed by atoms with Gasteiger partial charge in [-0.05, 0) is 20.5 Å². The van der Waals surface area contributed by atoms with Gasteiger partial charge in [0.15, 0.2) is 0 Å². The molecule has 0 saturated carbocycles. The third-order valence-electron chi connectivity index (χ3n) is 2.42. The van der Waals surface area contributed by atoms with Crippen LogP contribution in [-0.4, -0.2) is 49.2 Å². The lowest BCUT2D eigenvalue weighted by Gasteiger charge is -2.14. The SMILES string of the molecule is CCCc1c(NC)ncnc1OCCN(C)C. The quantitative estimate of drug-likeness (QED) is 0.778. The number of hydrogen-bond acceptors (Lipinski definition) is 5. The zero-order valence-corrected chi connectivity index (χ0v) is 11.2. The Hall–Kier alpha value is -1.36. The molecule has 0 fully saturated rings. The first-order valence-corrected chi connectivity index (χ1v) is 5.98. The molecule has 0 spiro atoms. The van der Waals surface area contributed by atoms with Gasteiger partial charge in [0.2, 0.25) is 5.88 Å². The summed E-state index contributed by atoms with van der Waals surface area (Å²) in [7, 11) is 5.91. The van der Waals surface area contributed by atoms with E-state index in [1.807, 2.05) is 21.1 Å². The second kappa shape index (κ2) is 7.06. The van der Waals surface area contributed by atoms with Crippen LogP contribution in [0.1, 0.15) is 18.9 Å². The number of aromatic nitrogens is 2. The van der Waals surface area contributed by atoms with Crippen LogP contribution in [0, 0.1) is 0 Å². The van der Waals surface area contributed by atoms with Crippen molar-refractivity contribution in [3.05, 3.63) is 11.9 Å². The van der Waals surface area contributed by atoms with E-state index in [-0.39, 0.29) is 0 Å². The van der Waals surface area contributed by atoms with Crippen LogP contribution in [0.2, 0.25) is 0 Å². The number of anilines is 1. The predicted octanol–water partition coefficient (Wildman–Crippen LogP) is 1.41. The molecule has 0 saturated heterocycles. The van der Waals surface area contributed by atoms with Gasteiger partial charge in [-0.1, -0.05) is 13.3 Å². The molecule has 1 N–H and O–H groups in total. The maximum Gasteiger partial charge on any atom is 0.221 e. The fourth-order valence-corrected chi connectivity index (χ4v) is 1.54. The van der Waals surface area contributed by atoms with E-state index >= 15 is 0 Å². The van der Waals surface area contributed by atoms with E-state index in [2.05, 4.69) is 27.1 Å². The summed E-state index contributed by atoms with van der Waals surface area (Å²) in [4.78, 5) is 10.5. The molecule has 0 aliphatic carbocycles. The highest BCUT2D eigenvalue weighted by Crippen LogP contribution is 2.22. The van der Waals surface area contributed by atoms with Gasteiger partial charge < -0.3 is 15.0 Å². The zero-order valence-electron chi connectivity index (χ0n) is 11.2. The third kappa shape index (κ3) is 4.19. The molecular formula is C12H22N4O. The Morgan fingerprint density at radius 2 is 2.12 bits per heavy atom. The first kappa shape index (κ1) is 13.7. The summed E-state index contributed by atoms with van der Waals surface area (Å²) in [5.41, 5.74) is 1.07. The Bertz CT molecular complexity index is 341. The van der Waals surface area contributed by atoms with Gasteiger partial charge in [0.05, 0.1) is 5.56 Å².